The normalized spacial score (nSPS) is 24.3. The number of aliphatic hydroxyl groups is 2. The van der Waals surface area contributed by atoms with E-state index in [1.54, 1.807) is 9.58 Å². The third-order valence-electron chi connectivity index (χ3n) is 4.92. The van der Waals surface area contributed by atoms with Crippen LogP contribution in [0.1, 0.15) is 41.0 Å². The monoisotopic (exact) mass is 321 g/mol. The molecule has 0 aromatic carbocycles. The van der Waals surface area contributed by atoms with Gasteiger partial charge in [-0.2, -0.15) is 5.10 Å². The second kappa shape index (κ2) is 6.80. The van der Waals surface area contributed by atoms with Crippen LogP contribution in [0.25, 0.3) is 0 Å². The van der Waals surface area contributed by atoms with Crippen molar-refractivity contribution in [2.75, 3.05) is 19.7 Å². The molecule has 0 radical (unpaired) electrons. The number of amides is 1. The largest absolute Gasteiger partial charge is 0.396 e. The predicted octanol–water partition coefficient (Wildman–Crippen LogP) is -0.224. The van der Waals surface area contributed by atoms with Crippen molar-refractivity contribution in [3.63, 3.8) is 0 Å². The number of aliphatic hydroxyl groups excluding tert-OH is 2. The smallest absolute Gasteiger partial charge is 0.274 e. The number of fused-ring (bicyclic) bond motifs is 1. The van der Waals surface area contributed by atoms with Crippen molar-refractivity contribution in [3.8, 4) is 0 Å². The molecule has 126 valence electrons. The molecule has 3 rings (SSSR count). The SMILES string of the molecule is O=CCn1nc(C(=O)N2CCC(O)C(CO)C2)c2c1CCCC2. The van der Waals surface area contributed by atoms with Crippen molar-refractivity contribution in [1.82, 2.24) is 14.7 Å². The highest BCUT2D eigenvalue weighted by Gasteiger charge is 2.33. The summed E-state index contributed by atoms with van der Waals surface area (Å²) in [5.74, 6) is -0.460. The predicted molar refractivity (Wildman–Crippen MR) is 82.0 cm³/mol. The van der Waals surface area contributed by atoms with Gasteiger partial charge in [0.25, 0.3) is 5.91 Å². The zero-order valence-corrected chi connectivity index (χ0v) is 13.1. The van der Waals surface area contributed by atoms with Crippen LogP contribution in [0.15, 0.2) is 0 Å². The van der Waals surface area contributed by atoms with Gasteiger partial charge in [-0.25, -0.2) is 0 Å². The van der Waals surface area contributed by atoms with Crippen LogP contribution in [0.5, 0.6) is 0 Å². The molecule has 1 fully saturated rings. The standard InChI is InChI=1S/C16H23N3O4/c20-8-7-19-13-4-2-1-3-12(13)15(17-19)16(23)18-6-5-14(22)11(9-18)10-21/h8,11,14,21-22H,1-7,9-10H2. The zero-order valence-electron chi connectivity index (χ0n) is 13.1. The van der Waals surface area contributed by atoms with E-state index in [1.165, 1.54) is 0 Å². The summed E-state index contributed by atoms with van der Waals surface area (Å²) in [4.78, 5) is 25.4. The molecule has 1 aliphatic heterocycles. The van der Waals surface area contributed by atoms with Gasteiger partial charge in [0.1, 0.15) is 6.29 Å². The molecule has 2 unspecified atom stereocenters. The first-order valence-electron chi connectivity index (χ1n) is 8.26. The number of carbonyl (C=O) groups excluding carboxylic acids is 2. The van der Waals surface area contributed by atoms with Crippen molar-refractivity contribution in [3.05, 3.63) is 17.0 Å². The molecule has 0 spiro atoms. The summed E-state index contributed by atoms with van der Waals surface area (Å²) in [6.07, 6.45) is 4.44. The van der Waals surface area contributed by atoms with Crippen LogP contribution in [0.4, 0.5) is 0 Å². The fourth-order valence-electron chi connectivity index (χ4n) is 3.60. The van der Waals surface area contributed by atoms with Gasteiger partial charge in [0.15, 0.2) is 5.69 Å². The van der Waals surface area contributed by atoms with E-state index in [0.29, 0.717) is 25.2 Å². The first-order valence-corrected chi connectivity index (χ1v) is 8.26. The minimum Gasteiger partial charge on any atom is -0.396 e. The van der Waals surface area contributed by atoms with Gasteiger partial charge in [0.05, 0.1) is 19.3 Å². The highest BCUT2D eigenvalue weighted by atomic mass is 16.3. The third kappa shape index (κ3) is 3.03. The molecule has 2 atom stereocenters. The summed E-state index contributed by atoms with van der Waals surface area (Å²) < 4.78 is 1.65. The van der Waals surface area contributed by atoms with Gasteiger partial charge in [-0.3, -0.25) is 9.48 Å². The van der Waals surface area contributed by atoms with Gasteiger partial charge in [0.2, 0.25) is 0 Å². The molecule has 0 saturated carbocycles. The Kier molecular flexibility index (Phi) is 4.77. The lowest BCUT2D eigenvalue weighted by Gasteiger charge is -2.35. The van der Waals surface area contributed by atoms with Crippen LogP contribution in [0, 0.1) is 5.92 Å². The van der Waals surface area contributed by atoms with Crippen LogP contribution in [0.2, 0.25) is 0 Å². The lowest BCUT2D eigenvalue weighted by Crippen LogP contribution is -2.47. The van der Waals surface area contributed by atoms with Crippen LogP contribution < -0.4 is 0 Å². The van der Waals surface area contributed by atoms with Crippen molar-refractivity contribution in [2.24, 2.45) is 5.92 Å². The minimum absolute atomic E-state index is 0.136. The molecule has 1 aliphatic carbocycles. The Hall–Kier alpha value is -1.73. The highest BCUT2D eigenvalue weighted by molar-refractivity contribution is 5.94. The van der Waals surface area contributed by atoms with E-state index in [4.69, 9.17) is 0 Å². The van der Waals surface area contributed by atoms with Gasteiger partial charge < -0.3 is 19.9 Å². The van der Waals surface area contributed by atoms with E-state index in [2.05, 4.69) is 5.10 Å². The average Bonchev–Trinajstić information content (AvgIpc) is 2.94. The quantitative estimate of drug-likeness (QED) is 0.747. The van der Waals surface area contributed by atoms with Gasteiger partial charge in [0, 0.05) is 30.3 Å². The van der Waals surface area contributed by atoms with Gasteiger partial charge >= 0.3 is 0 Å². The summed E-state index contributed by atoms with van der Waals surface area (Å²) in [5, 5.41) is 23.6. The molecule has 2 heterocycles. The Labute approximate surface area is 134 Å². The molecule has 1 aromatic heterocycles. The van der Waals surface area contributed by atoms with Crippen molar-refractivity contribution in [2.45, 2.75) is 44.8 Å². The van der Waals surface area contributed by atoms with Crippen molar-refractivity contribution in [1.29, 1.82) is 0 Å². The number of aldehydes is 1. The average molecular weight is 321 g/mol. The first kappa shape index (κ1) is 16.1. The molecule has 2 aliphatic rings. The number of likely N-dealkylation sites (tertiary alicyclic amines) is 1. The highest BCUT2D eigenvalue weighted by Crippen LogP contribution is 2.27. The number of aromatic nitrogens is 2. The second-order valence-corrected chi connectivity index (χ2v) is 6.38. The van der Waals surface area contributed by atoms with Crippen LogP contribution >= 0.6 is 0 Å². The van der Waals surface area contributed by atoms with Crippen molar-refractivity contribution >= 4 is 12.2 Å². The van der Waals surface area contributed by atoms with E-state index in [9.17, 15) is 19.8 Å². The molecule has 7 heteroatoms. The molecule has 7 nitrogen and oxygen atoms in total. The first-order chi connectivity index (χ1) is 11.2. The molecular formula is C16H23N3O4. The summed E-state index contributed by atoms with van der Waals surface area (Å²) in [6.45, 7) is 0.841. The minimum atomic E-state index is -0.564. The second-order valence-electron chi connectivity index (χ2n) is 6.38. The van der Waals surface area contributed by atoms with E-state index < -0.39 is 6.10 Å². The Morgan fingerprint density at radius 3 is 2.87 bits per heavy atom. The summed E-state index contributed by atoms with van der Waals surface area (Å²) in [7, 11) is 0. The Morgan fingerprint density at radius 1 is 1.35 bits per heavy atom. The summed E-state index contributed by atoms with van der Waals surface area (Å²) in [5.41, 5.74) is 2.41. The fourth-order valence-corrected chi connectivity index (χ4v) is 3.60. The Morgan fingerprint density at radius 2 is 2.13 bits per heavy atom. The summed E-state index contributed by atoms with van der Waals surface area (Å²) >= 11 is 0. The van der Waals surface area contributed by atoms with Crippen LogP contribution in [-0.4, -0.2) is 62.9 Å². The third-order valence-corrected chi connectivity index (χ3v) is 4.92. The molecule has 1 amide bonds. The lowest BCUT2D eigenvalue weighted by molar-refractivity contribution is -0.108. The Balaban J connectivity index is 1.86. The Bertz CT molecular complexity index is 598. The molecule has 2 N–H and O–H groups in total. The maximum atomic E-state index is 12.9. The molecule has 1 aromatic rings. The van der Waals surface area contributed by atoms with E-state index in [0.717, 1.165) is 43.2 Å². The van der Waals surface area contributed by atoms with Gasteiger partial charge in [-0.1, -0.05) is 0 Å². The number of hydrogen-bond donors (Lipinski definition) is 2. The van der Waals surface area contributed by atoms with Gasteiger partial charge in [-0.05, 0) is 32.1 Å². The lowest BCUT2D eigenvalue weighted by atomic mass is 9.93. The topological polar surface area (TPSA) is 95.7 Å². The maximum Gasteiger partial charge on any atom is 0.274 e. The molecule has 1 saturated heterocycles. The molecule has 0 bridgehead atoms. The summed E-state index contributed by atoms with van der Waals surface area (Å²) in [6, 6.07) is 0. The van der Waals surface area contributed by atoms with E-state index >= 15 is 0 Å². The number of carbonyl (C=O) groups is 2. The van der Waals surface area contributed by atoms with Crippen molar-refractivity contribution < 1.29 is 19.8 Å². The van der Waals surface area contributed by atoms with Crippen LogP contribution in [0.3, 0.4) is 0 Å². The number of rotatable bonds is 4. The molecular weight excluding hydrogens is 298 g/mol. The van der Waals surface area contributed by atoms with Gasteiger partial charge in [-0.15, -0.1) is 0 Å². The van der Waals surface area contributed by atoms with Crippen LogP contribution in [-0.2, 0) is 24.2 Å². The number of hydrogen-bond acceptors (Lipinski definition) is 5. The zero-order chi connectivity index (χ0) is 16.4. The van der Waals surface area contributed by atoms with E-state index in [1.807, 2.05) is 0 Å². The fraction of sp³-hybridized carbons (Fsp3) is 0.688. The van der Waals surface area contributed by atoms with E-state index in [-0.39, 0.29) is 25.0 Å². The number of piperidine rings is 1. The number of nitrogens with zero attached hydrogens (tertiary/aromatic N) is 3. The maximum absolute atomic E-state index is 12.9. The molecule has 23 heavy (non-hydrogen) atoms.